The van der Waals surface area contributed by atoms with Gasteiger partial charge in [0, 0.05) is 25.2 Å². The van der Waals surface area contributed by atoms with E-state index in [9.17, 15) is 8.42 Å². The van der Waals surface area contributed by atoms with Crippen molar-refractivity contribution in [3.05, 3.63) is 30.3 Å². The fourth-order valence-electron chi connectivity index (χ4n) is 2.13. The van der Waals surface area contributed by atoms with Crippen molar-refractivity contribution in [2.75, 3.05) is 25.9 Å². The molecule has 0 fully saturated rings. The first kappa shape index (κ1) is 18.1. The Morgan fingerprint density at radius 3 is 2.38 bits per heavy atom. The van der Waals surface area contributed by atoms with Gasteiger partial charge in [-0.25, -0.2) is 8.42 Å². The number of benzene rings is 1. The van der Waals surface area contributed by atoms with E-state index in [4.69, 9.17) is 0 Å². The maximum atomic E-state index is 12.2. The topological polar surface area (TPSA) is 49.4 Å². The maximum Gasteiger partial charge on any atom is 0.179 e. The molecular formula is C16H28N2O2S. The Labute approximate surface area is 129 Å². The highest BCUT2D eigenvalue weighted by Crippen LogP contribution is 2.11. The number of nitrogens with one attached hydrogen (secondary N) is 1. The van der Waals surface area contributed by atoms with Gasteiger partial charge in [-0.1, -0.05) is 25.1 Å². The van der Waals surface area contributed by atoms with Gasteiger partial charge in [0.2, 0.25) is 0 Å². The van der Waals surface area contributed by atoms with Crippen molar-refractivity contribution >= 4 is 9.84 Å². The molecule has 0 spiro atoms. The van der Waals surface area contributed by atoms with Crippen LogP contribution in [0.3, 0.4) is 0 Å². The first-order chi connectivity index (χ1) is 9.86. The monoisotopic (exact) mass is 312 g/mol. The lowest BCUT2D eigenvalue weighted by Gasteiger charge is -2.24. The van der Waals surface area contributed by atoms with Gasteiger partial charge in [0.1, 0.15) is 0 Å². The van der Waals surface area contributed by atoms with Crippen molar-refractivity contribution in [2.24, 2.45) is 0 Å². The fourth-order valence-corrected chi connectivity index (χ4v) is 3.67. The van der Waals surface area contributed by atoms with Crippen LogP contribution in [0.25, 0.3) is 0 Å². The molecule has 0 unspecified atom stereocenters. The summed E-state index contributed by atoms with van der Waals surface area (Å²) in [5, 5.41) is 3.30. The third kappa shape index (κ3) is 6.16. The molecule has 0 saturated heterocycles. The number of hydrogen-bond donors (Lipinski definition) is 1. The predicted molar refractivity (Wildman–Crippen MR) is 88.3 cm³/mol. The molecule has 1 aromatic carbocycles. The zero-order chi connectivity index (χ0) is 15.9. The van der Waals surface area contributed by atoms with E-state index in [0.717, 1.165) is 19.5 Å². The van der Waals surface area contributed by atoms with Crippen molar-refractivity contribution in [1.82, 2.24) is 10.2 Å². The number of rotatable bonds is 9. The predicted octanol–water partition coefficient (Wildman–Crippen LogP) is 2.17. The van der Waals surface area contributed by atoms with E-state index in [1.54, 1.807) is 24.3 Å². The molecule has 4 nitrogen and oxygen atoms in total. The van der Waals surface area contributed by atoms with E-state index in [2.05, 4.69) is 31.1 Å². The molecule has 0 aliphatic rings. The lowest BCUT2D eigenvalue weighted by atomic mass is 10.2. The number of hydrogen-bond acceptors (Lipinski definition) is 4. The molecule has 0 aromatic heterocycles. The van der Waals surface area contributed by atoms with Crippen LogP contribution in [0.2, 0.25) is 0 Å². The van der Waals surface area contributed by atoms with Crippen LogP contribution in [0.4, 0.5) is 0 Å². The van der Waals surface area contributed by atoms with Crippen molar-refractivity contribution in [3.63, 3.8) is 0 Å². The molecule has 0 amide bonds. The third-order valence-electron chi connectivity index (χ3n) is 3.87. The maximum absolute atomic E-state index is 12.2. The van der Waals surface area contributed by atoms with Crippen LogP contribution in [0, 0.1) is 0 Å². The fraction of sp³-hybridized carbons (Fsp3) is 0.625. The highest BCUT2D eigenvalue weighted by molar-refractivity contribution is 7.91. The second-order valence-corrected chi connectivity index (χ2v) is 7.72. The van der Waals surface area contributed by atoms with Gasteiger partial charge in [0.15, 0.2) is 9.84 Å². The van der Waals surface area contributed by atoms with Gasteiger partial charge in [-0.05, 0) is 39.4 Å². The number of likely N-dealkylation sites (N-methyl/N-ethyl adjacent to an activating group) is 1. The van der Waals surface area contributed by atoms with Gasteiger partial charge >= 0.3 is 0 Å². The Morgan fingerprint density at radius 1 is 1.19 bits per heavy atom. The summed E-state index contributed by atoms with van der Waals surface area (Å²) in [5.41, 5.74) is 0. The number of sulfone groups is 1. The summed E-state index contributed by atoms with van der Waals surface area (Å²) in [6, 6.07) is 9.14. The van der Waals surface area contributed by atoms with Gasteiger partial charge < -0.3 is 10.2 Å². The first-order valence-electron chi connectivity index (χ1n) is 7.58. The van der Waals surface area contributed by atoms with Gasteiger partial charge in [-0.2, -0.15) is 0 Å². The summed E-state index contributed by atoms with van der Waals surface area (Å²) in [6.45, 7) is 8.01. The summed E-state index contributed by atoms with van der Waals surface area (Å²) in [4.78, 5) is 2.68. The van der Waals surface area contributed by atoms with Gasteiger partial charge in [-0.3, -0.25) is 0 Å². The highest BCUT2D eigenvalue weighted by atomic mass is 32.2. The average molecular weight is 312 g/mol. The minimum atomic E-state index is -3.21. The zero-order valence-electron chi connectivity index (χ0n) is 13.5. The standard InChI is InChI=1S/C16H28N2O2S/c1-5-15(3)18(4)12-11-17-14(2)13-21(19,20)16-9-7-6-8-10-16/h6-10,14-15,17H,5,11-13H2,1-4H3/t14-,15+/m0/s1. The van der Waals surface area contributed by atoms with Gasteiger partial charge in [-0.15, -0.1) is 0 Å². The van der Waals surface area contributed by atoms with Crippen LogP contribution < -0.4 is 5.32 Å². The van der Waals surface area contributed by atoms with Crippen LogP contribution in [-0.2, 0) is 9.84 Å². The average Bonchev–Trinajstić information content (AvgIpc) is 2.46. The number of nitrogens with zero attached hydrogens (tertiary/aromatic N) is 1. The molecule has 21 heavy (non-hydrogen) atoms. The molecule has 2 atom stereocenters. The molecule has 1 aromatic rings. The molecule has 0 radical (unpaired) electrons. The highest BCUT2D eigenvalue weighted by Gasteiger charge is 2.18. The van der Waals surface area contributed by atoms with Crippen LogP contribution >= 0.6 is 0 Å². The molecule has 0 bridgehead atoms. The molecule has 0 aliphatic heterocycles. The molecule has 1 rings (SSSR count). The Hall–Kier alpha value is -0.910. The largest absolute Gasteiger partial charge is 0.312 e. The molecule has 0 heterocycles. The van der Waals surface area contributed by atoms with E-state index < -0.39 is 9.84 Å². The molecular weight excluding hydrogens is 284 g/mol. The SMILES string of the molecule is CC[C@@H](C)N(C)CCN[C@@H](C)CS(=O)(=O)c1ccccc1. The summed E-state index contributed by atoms with van der Waals surface area (Å²) in [6.07, 6.45) is 1.12. The molecule has 120 valence electrons. The summed E-state index contributed by atoms with van der Waals surface area (Å²) >= 11 is 0. The van der Waals surface area contributed by atoms with Gasteiger partial charge in [0.25, 0.3) is 0 Å². The van der Waals surface area contributed by atoms with E-state index in [1.165, 1.54) is 0 Å². The van der Waals surface area contributed by atoms with Crippen molar-refractivity contribution in [3.8, 4) is 0 Å². The van der Waals surface area contributed by atoms with E-state index in [-0.39, 0.29) is 11.8 Å². The Morgan fingerprint density at radius 2 is 1.81 bits per heavy atom. The lowest BCUT2D eigenvalue weighted by molar-refractivity contribution is 0.250. The minimum Gasteiger partial charge on any atom is -0.312 e. The van der Waals surface area contributed by atoms with Crippen LogP contribution in [-0.4, -0.2) is 51.3 Å². The lowest BCUT2D eigenvalue weighted by Crippen LogP contribution is -2.40. The minimum absolute atomic E-state index is 0.0551. The van der Waals surface area contributed by atoms with Crippen LogP contribution in [0.1, 0.15) is 27.2 Å². The molecule has 0 aliphatic carbocycles. The Balaban J connectivity index is 2.42. The Kier molecular flexibility index (Phi) is 7.35. The summed E-state index contributed by atoms with van der Waals surface area (Å²) in [5.74, 6) is 0.129. The van der Waals surface area contributed by atoms with Crippen molar-refractivity contribution in [2.45, 2.75) is 44.2 Å². The van der Waals surface area contributed by atoms with E-state index in [0.29, 0.717) is 10.9 Å². The zero-order valence-corrected chi connectivity index (χ0v) is 14.4. The van der Waals surface area contributed by atoms with E-state index in [1.807, 2.05) is 13.0 Å². The van der Waals surface area contributed by atoms with Crippen molar-refractivity contribution < 1.29 is 8.42 Å². The molecule has 0 saturated carbocycles. The van der Waals surface area contributed by atoms with Crippen LogP contribution in [0.15, 0.2) is 35.2 Å². The smallest absolute Gasteiger partial charge is 0.179 e. The van der Waals surface area contributed by atoms with Crippen LogP contribution in [0.5, 0.6) is 0 Å². The normalized spacial score (nSPS) is 15.1. The summed E-state index contributed by atoms with van der Waals surface area (Å²) < 4.78 is 24.5. The second-order valence-electron chi connectivity index (χ2n) is 5.69. The van der Waals surface area contributed by atoms with Crippen molar-refractivity contribution in [1.29, 1.82) is 0 Å². The van der Waals surface area contributed by atoms with Gasteiger partial charge in [0.05, 0.1) is 10.6 Å². The molecule has 5 heteroatoms. The second kappa shape index (κ2) is 8.51. The Bertz CT molecular complexity index is 502. The van der Waals surface area contributed by atoms with E-state index >= 15 is 0 Å². The summed E-state index contributed by atoms with van der Waals surface area (Å²) in [7, 11) is -1.11. The first-order valence-corrected chi connectivity index (χ1v) is 9.23. The quantitative estimate of drug-likeness (QED) is 0.759. The molecule has 1 N–H and O–H groups in total. The third-order valence-corrected chi connectivity index (χ3v) is 5.80.